The Morgan fingerprint density at radius 1 is 1.00 bits per heavy atom. The van der Waals surface area contributed by atoms with Crippen LogP contribution >= 0.6 is 0 Å². The molecule has 1 saturated heterocycles. The minimum Gasteiger partial charge on any atom is -0.387 e. The molecule has 6 nitrogen and oxygen atoms in total. The zero-order valence-electron chi connectivity index (χ0n) is 15.6. The minimum atomic E-state index is -3.49. The van der Waals surface area contributed by atoms with Crippen LogP contribution in [0.3, 0.4) is 0 Å². The fraction of sp³-hybridized carbons (Fsp3) is 0.381. The van der Waals surface area contributed by atoms with Crippen molar-refractivity contribution in [2.24, 2.45) is 0 Å². The molecule has 1 aliphatic heterocycles. The van der Waals surface area contributed by atoms with Crippen LogP contribution in [0.2, 0.25) is 0 Å². The number of sulfonamides is 1. The van der Waals surface area contributed by atoms with Crippen LogP contribution in [0.15, 0.2) is 53.4 Å². The van der Waals surface area contributed by atoms with Gasteiger partial charge in [0.05, 0.1) is 10.5 Å². The van der Waals surface area contributed by atoms with Gasteiger partial charge in [0.1, 0.15) is 0 Å². The van der Waals surface area contributed by atoms with Crippen molar-refractivity contribution in [1.82, 2.24) is 9.62 Å². The maximum Gasteiger partial charge on any atom is 0.251 e. The average Bonchev–Trinajstić information content (AvgIpc) is 3.34. The summed E-state index contributed by atoms with van der Waals surface area (Å²) in [5, 5.41) is 13.6. The van der Waals surface area contributed by atoms with E-state index in [0.717, 1.165) is 24.0 Å². The number of aliphatic hydroxyl groups is 1. The maximum absolute atomic E-state index is 12.6. The average molecular weight is 401 g/mol. The Morgan fingerprint density at radius 2 is 1.57 bits per heavy atom. The van der Waals surface area contributed by atoms with Gasteiger partial charge >= 0.3 is 0 Å². The molecule has 0 radical (unpaired) electrons. The van der Waals surface area contributed by atoms with Gasteiger partial charge in [-0.25, -0.2) is 8.42 Å². The lowest BCUT2D eigenvalue weighted by molar-refractivity contribution is 0.0480. The van der Waals surface area contributed by atoms with Gasteiger partial charge in [0.15, 0.2) is 0 Å². The molecule has 2 N–H and O–H groups in total. The maximum atomic E-state index is 12.6. The summed E-state index contributed by atoms with van der Waals surface area (Å²) < 4.78 is 26.6. The first-order chi connectivity index (χ1) is 13.4. The third-order valence-electron chi connectivity index (χ3n) is 5.55. The van der Waals surface area contributed by atoms with Crippen LogP contribution in [0, 0.1) is 0 Å². The summed E-state index contributed by atoms with van der Waals surface area (Å²) in [6.45, 7) is 1.24. The van der Waals surface area contributed by atoms with Crippen molar-refractivity contribution in [2.75, 3.05) is 19.6 Å². The Bertz CT molecular complexity index is 955. The van der Waals surface area contributed by atoms with Gasteiger partial charge in [0, 0.05) is 38.0 Å². The van der Waals surface area contributed by atoms with Crippen molar-refractivity contribution in [3.05, 3.63) is 65.2 Å². The van der Waals surface area contributed by atoms with Gasteiger partial charge in [-0.1, -0.05) is 24.3 Å². The molecule has 1 amide bonds. The van der Waals surface area contributed by atoms with Crippen molar-refractivity contribution in [3.63, 3.8) is 0 Å². The number of amides is 1. The number of nitrogens with one attached hydrogen (secondary N) is 1. The molecular weight excluding hydrogens is 376 g/mol. The summed E-state index contributed by atoms with van der Waals surface area (Å²) in [6, 6.07) is 13.9. The summed E-state index contributed by atoms with van der Waals surface area (Å²) >= 11 is 0. The molecule has 0 unspecified atom stereocenters. The molecule has 0 aromatic heterocycles. The van der Waals surface area contributed by atoms with Gasteiger partial charge in [-0.3, -0.25) is 4.79 Å². The van der Waals surface area contributed by atoms with E-state index in [2.05, 4.69) is 5.32 Å². The number of benzene rings is 2. The molecule has 2 aromatic rings. The first-order valence-electron chi connectivity index (χ1n) is 9.55. The molecule has 2 aromatic carbocycles. The number of carbonyl (C=O) groups is 1. The predicted octanol–water partition coefficient (Wildman–Crippen LogP) is 1.73. The Hall–Kier alpha value is -2.22. The summed E-state index contributed by atoms with van der Waals surface area (Å²) in [6.07, 6.45) is 2.78. The lowest BCUT2D eigenvalue weighted by Gasteiger charge is -2.22. The highest BCUT2D eigenvalue weighted by atomic mass is 32.2. The van der Waals surface area contributed by atoms with Crippen molar-refractivity contribution < 1.29 is 18.3 Å². The SMILES string of the molecule is O=C(NCC1(O)Cc2ccccc2C1)c1ccc(S(=O)(=O)N2CCCC2)cc1. The zero-order chi connectivity index (χ0) is 19.8. The molecule has 0 bridgehead atoms. The van der Waals surface area contributed by atoms with Crippen molar-refractivity contribution in [1.29, 1.82) is 0 Å². The zero-order valence-corrected chi connectivity index (χ0v) is 16.4. The second-order valence-electron chi connectivity index (χ2n) is 7.66. The van der Waals surface area contributed by atoms with Crippen LogP contribution in [0.25, 0.3) is 0 Å². The van der Waals surface area contributed by atoms with E-state index in [4.69, 9.17) is 0 Å². The van der Waals surface area contributed by atoms with E-state index in [1.54, 1.807) is 0 Å². The number of nitrogens with zero attached hydrogens (tertiary/aromatic N) is 1. The summed E-state index contributed by atoms with van der Waals surface area (Å²) in [7, 11) is -3.49. The lowest BCUT2D eigenvalue weighted by atomic mass is 10.0. The van der Waals surface area contributed by atoms with Gasteiger partial charge in [0.25, 0.3) is 5.91 Å². The topological polar surface area (TPSA) is 86.7 Å². The van der Waals surface area contributed by atoms with Crippen LogP contribution < -0.4 is 5.32 Å². The van der Waals surface area contributed by atoms with E-state index in [-0.39, 0.29) is 17.3 Å². The number of hydrogen-bond donors (Lipinski definition) is 2. The summed E-state index contributed by atoms with van der Waals surface area (Å²) in [4.78, 5) is 12.7. The highest BCUT2D eigenvalue weighted by molar-refractivity contribution is 7.89. The van der Waals surface area contributed by atoms with E-state index in [9.17, 15) is 18.3 Å². The molecule has 0 spiro atoms. The van der Waals surface area contributed by atoms with E-state index >= 15 is 0 Å². The normalized spacial score (nSPS) is 18.8. The smallest absolute Gasteiger partial charge is 0.251 e. The predicted molar refractivity (Wildman–Crippen MR) is 106 cm³/mol. The number of hydrogen-bond acceptors (Lipinski definition) is 4. The van der Waals surface area contributed by atoms with Crippen LogP contribution in [-0.4, -0.2) is 49.0 Å². The van der Waals surface area contributed by atoms with Gasteiger partial charge in [-0.05, 0) is 48.2 Å². The fourth-order valence-electron chi connectivity index (χ4n) is 4.00. The van der Waals surface area contributed by atoms with Gasteiger partial charge in [-0.15, -0.1) is 0 Å². The molecule has 1 aliphatic carbocycles. The summed E-state index contributed by atoms with van der Waals surface area (Å²) in [5.74, 6) is -0.325. The number of fused-ring (bicyclic) bond motifs is 1. The van der Waals surface area contributed by atoms with E-state index in [1.165, 1.54) is 28.6 Å². The molecule has 4 rings (SSSR count). The Labute approximate surface area is 165 Å². The monoisotopic (exact) mass is 400 g/mol. The van der Waals surface area contributed by atoms with Gasteiger partial charge in [0.2, 0.25) is 10.0 Å². The largest absolute Gasteiger partial charge is 0.387 e. The molecule has 1 heterocycles. The third kappa shape index (κ3) is 3.70. The molecule has 0 saturated carbocycles. The highest BCUT2D eigenvalue weighted by Gasteiger charge is 2.35. The molecule has 0 atom stereocenters. The Kier molecular flexibility index (Phi) is 4.99. The van der Waals surface area contributed by atoms with E-state index in [0.29, 0.717) is 31.5 Å². The van der Waals surface area contributed by atoms with Crippen LogP contribution in [-0.2, 0) is 22.9 Å². The second-order valence-corrected chi connectivity index (χ2v) is 9.60. The fourth-order valence-corrected chi connectivity index (χ4v) is 5.52. The Morgan fingerprint density at radius 3 is 2.14 bits per heavy atom. The first-order valence-corrected chi connectivity index (χ1v) is 11.0. The highest BCUT2D eigenvalue weighted by Crippen LogP contribution is 2.29. The molecule has 28 heavy (non-hydrogen) atoms. The van der Waals surface area contributed by atoms with Gasteiger partial charge in [-0.2, -0.15) is 4.31 Å². The van der Waals surface area contributed by atoms with Crippen molar-refractivity contribution in [3.8, 4) is 0 Å². The molecular formula is C21H24N2O4S. The minimum absolute atomic E-state index is 0.147. The van der Waals surface area contributed by atoms with Gasteiger partial charge < -0.3 is 10.4 Å². The second kappa shape index (κ2) is 7.31. The van der Waals surface area contributed by atoms with Crippen molar-refractivity contribution in [2.45, 2.75) is 36.2 Å². The van der Waals surface area contributed by atoms with Crippen LogP contribution in [0.1, 0.15) is 34.3 Å². The quantitative estimate of drug-likeness (QED) is 0.800. The Balaban J connectivity index is 1.39. The first kappa shape index (κ1) is 19.1. The number of rotatable bonds is 5. The van der Waals surface area contributed by atoms with E-state index in [1.807, 2.05) is 24.3 Å². The van der Waals surface area contributed by atoms with Crippen LogP contribution in [0.5, 0.6) is 0 Å². The number of carbonyl (C=O) groups excluding carboxylic acids is 1. The van der Waals surface area contributed by atoms with E-state index < -0.39 is 15.6 Å². The lowest BCUT2D eigenvalue weighted by Crippen LogP contribution is -2.43. The molecule has 2 aliphatic rings. The van der Waals surface area contributed by atoms with Crippen LogP contribution in [0.4, 0.5) is 0 Å². The van der Waals surface area contributed by atoms with Crippen molar-refractivity contribution >= 4 is 15.9 Å². The molecule has 7 heteroatoms. The third-order valence-corrected chi connectivity index (χ3v) is 7.47. The summed E-state index contributed by atoms with van der Waals surface area (Å²) in [5.41, 5.74) is 1.60. The molecule has 148 valence electrons. The standard InChI is InChI=1S/C21H24N2O4S/c24-20(22-15-21(25)13-17-5-1-2-6-18(17)14-21)16-7-9-19(10-8-16)28(26,27)23-11-3-4-12-23/h1-2,5-10,25H,3-4,11-15H2,(H,22,24). The molecule has 1 fully saturated rings.